The fourth-order valence-electron chi connectivity index (χ4n) is 3.32. The number of carbonyl (C=O) groups is 3. The first-order chi connectivity index (χ1) is 13.9. The van der Waals surface area contributed by atoms with Gasteiger partial charge in [-0.05, 0) is 19.1 Å². The Kier molecular flexibility index (Phi) is 4.75. The molecule has 0 radical (unpaired) electrons. The van der Waals surface area contributed by atoms with E-state index in [1.165, 1.54) is 6.92 Å². The van der Waals surface area contributed by atoms with Crippen LogP contribution >= 0.6 is 0 Å². The van der Waals surface area contributed by atoms with Gasteiger partial charge in [0.05, 0.1) is 5.52 Å². The first kappa shape index (κ1) is 18.7. The van der Waals surface area contributed by atoms with E-state index in [0.29, 0.717) is 37.5 Å². The third-order valence-electron chi connectivity index (χ3n) is 4.84. The number of fused-ring (bicyclic) bond motifs is 1. The highest BCUT2D eigenvalue weighted by Gasteiger charge is 2.28. The monoisotopic (exact) mass is 396 g/mol. The summed E-state index contributed by atoms with van der Waals surface area (Å²) in [5, 5.41) is 6.38. The molecule has 3 amide bonds. The molecule has 1 fully saturated rings. The van der Waals surface area contributed by atoms with Crippen LogP contribution in [0.5, 0.6) is 0 Å². The Hall–Kier alpha value is -3.69. The third-order valence-corrected chi connectivity index (χ3v) is 4.84. The van der Waals surface area contributed by atoms with Crippen molar-refractivity contribution in [3.05, 3.63) is 47.7 Å². The van der Waals surface area contributed by atoms with Gasteiger partial charge in [0.2, 0.25) is 11.7 Å². The summed E-state index contributed by atoms with van der Waals surface area (Å²) in [7, 11) is 0. The van der Waals surface area contributed by atoms with E-state index < -0.39 is 5.91 Å². The molecule has 0 aromatic carbocycles. The van der Waals surface area contributed by atoms with Gasteiger partial charge < -0.3 is 19.6 Å². The summed E-state index contributed by atoms with van der Waals surface area (Å²) >= 11 is 0. The summed E-state index contributed by atoms with van der Waals surface area (Å²) in [5.41, 5.74) is 0.632. The zero-order chi connectivity index (χ0) is 20.5. The van der Waals surface area contributed by atoms with Crippen molar-refractivity contribution in [2.24, 2.45) is 0 Å². The van der Waals surface area contributed by atoms with E-state index in [4.69, 9.17) is 4.52 Å². The smallest absolute Gasteiger partial charge is 0.290 e. The Morgan fingerprint density at radius 3 is 2.48 bits per heavy atom. The molecule has 0 bridgehead atoms. The molecule has 0 saturated carbocycles. The van der Waals surface area contributed by atoms with Gasteiger partial charge >= 0.3 is 0 Å². The SMILES string of the molecule is CC(=O)N1CCN(C(=O)c2nc(C(=O)Nc3cc(C)on3)c3ccccn23)CC1. The molecular formula is C19H20N6O4. The summed E-state index contributed by atoms with van der Waals surface area (Å²) in [6.45, 7) is 5.02. The summed E-state index contributed by atoms with van der Waals surface area (Å²) in [5.74, 6) is 0.213. The Morgan fingerprint density at radius 2 is 1.83 bits per heavy atom. The van der Waals surface area contributed by atoms with Gasteiger partial charge in [0.25, 0.3) is 11.8 Å². The Labute approximate surface area is 166 Å². The number of nitrogens with one attached hydrogen (secondary N) is 1. The third kappa shape index (κ3) is 3.56. The Bertz CT molecular complexity index is 1090. The number of carbonyl (C=O) groups excluding carboxylic acids is 3. The predicted octanol–water partition coefficient (Wildman–Crippen LogP) is 1.19. The van der Waals surface area contributed by atoms with Gasteiger partial charge in [0.1, 0.15) is 5.76 Å². The maximum atomic E-state index is 13.1. The fourth-order valence-corrected chi connectivity index (χ4v) is 3.32. The number of pyridine rings is 1. The van der Waals surface area contributed by atoms with Crippen molar-refractivity contribution < 1.29 is 18.9 Å². The van der Waals surface area contributed by atoms with Crippen LogP contribution in [0.4, 0.5) is 5.82 Å². The Morgan fingerprint density at radius 1 is 1.10 bits per heavy atom. The Balaban J connectivity index is 1.61. The van der Waals surface area contributed by atoms with Crippen LogP contribution in [0, 0.1) is 6.92 Å². The van der Waals surface area contributed by atoms with Crippen LogP contribution in [-0.4, -0.2) is 68.2 Å². The molecule has 1 aliphatic rings. The van der Waals surface area contributed by atoms with E-state index in [-0.39, 0.29) is 29.2 Å². The predicted molar refractivity (Wildman–Crippen MR) is 103 cm³/mol. The second-order valence-electron chi connectivity index (χ2n) is 6.82. The molecule has 4 heterocycles. The van der Waals surface area contributed by atoms with Crippen molar-refractivity contribution in [1.29, 1.82) is 0 Å². The molecule has 10 nitrogen and oxygen atoms in total. The lowest BCUT2D eigenvalue weighted by atomic mass is 10.3. The number of hydrogen-bond acceptors (Lipinski definition) is 6. The van der Waals surface area contributed by atoms with Gasteiger partial charge in [0, 0.05) is 45.4 Å². The molecule has 1 N–H and O–H groups in total. The molecule has 3 aromatic heterocycles. The maximum absolute atomic E-state index is 13.1. The second kappa shape index (κ2) is 7.38. The molecule has 0 aliphatic carbocycles. The topological polar surface area (TPSA) is 113 Å². The molecule has 29 heavy (non-hydrogen) atoms. The highest BCUT2D eigenvalue weighted by Crippen LogP contribution is 2.18. The number of nitrogens with zero attached hydrogens (tertiary/aromatic N) is 5. The molecular weight excluding hydrogens is 376 g/mol. The molecule has 1 aliphatic heterocycles. The largest absolute Gasteiger partial charge is 0.360 e. The van der Waals surface area contributed by atoms with Crippen LogP contribution in [0.3, 0.4) is 0 Å². The quantitative estimate of drug-likeness (QED) is 0.711. The van der Waals surface area contributed by atoms with Crippen molar-refractivity contribution in [1.82, 2.24) is 24.3 Å². The maximum Gasteiger partial charge on any atom is 0.290 e. The minimum atomic E-state index is -0.484. The normalized spacial score (nSPS) is 14.3. The number of aryl methyl sites for hydroxylation is 1. The number of amides is 3. The molecule has 3 aromatic rings. The standard InChI is InChI=1S/C19H20N6O4/c1-12-11-15(22-29-12)20-18(27)16-14-5-3-4-6-25(14)17(21-16)19(28)24-9-7-23(8-10-24)13(2)26/h3-6,11H,7-10H2,1-2H3,(H,20,22,27). The van der Waals surface area contributed by atoms with Gasteiger partial charge in [-0.1, -0.05) is 11.2 Å². The van der Waals surface area contributed by atoms with Crippen LogP contribution < -0.4 is 5.32 Å². The zero-order valence-electron chi connectivity index (χ0n) is 16.1. The van der Waals surface area contributed by atoms with Gasteiger partial charge in [-0.15, -0.1) is 0 Å². The second-order valence-corrected chi connectivity index (χ2v) is 6.82. The molecule has 10 heteroatoms. The van der Waals surface area contributed by atoms with Crippen molar-refractivity contribution in [2.75, 3.05) is 31.5 Å². The van der Waals surface area contributed by atoms with E-state index in [2.05, 4.69) is 15.5 Å². The minimum Gasteiger partial charge on any atom is -0.360 e. The molecule has 0 unspecified atom stereocenters. The van der Waals surface area contributed by atoms with Crippen LogP contribution in [0.1, 0.15) is 33.8 Å². The van der Waals surface area contributed by atoms with Crippen LogP contribution in [0.2, 0.25) is 0 Å². The molecule has 4 rings (SSSR count). The van der Waals surface area contributed by atoms with Crippen molar-refractivity contribution in [3.63, 3.8) is 0 Å². The van der Waals surface area contributed by atoms with Crippen LogP contribution in [0.15, 0.2) is 35.0 Å². The lowest BCUT2D eigenvalue weighted by Gasteiger charge is -2.33. The lowest BCUT2D eigenvalue weighted by Crippen LogP contribution is -2.50. The minimum absolute atomic E-state index is 0.00888. The first-order valence-electron chi connectivity index (χ1n) is 9.20. The van der Waals surface area contributed by atoms with Gasteiger partial charge in [-0.25, -0.2) is 4.98 Å². The highest BCUT2D eigenvalue weighted by molar-refractivity contribution is 6.08. The van der Waals surface area contributed by atoms with E-state index in [1.54, 1.807) is 51.6 Å². The van der Waals surface area contributed by atoms with E-state index in [0.717, 1.165) is 0 Å². The first-order valence-corrected chi connectivity index (χ1v) is 9.20. The molecule has 0 spiro atoms. The van der Waals surface area contributed by atoms with E-state index >= 15 is 0 Å². The average Bonchev–Trinajstić information content (AvgIpc) is 3.31. The molecule has 150 valence electrons. The zero-order valence-corrected chi connectivity index (χ0v) is 16.1. The summed E-state index contributed by atoms with van der Waals surface area (Å²) in [6.07, 6.45) is 1.69. The number of aromatic nitrogens is 3. The van der Waals surface area contributed by atoms with Gasteiger partial charge in [-0.2, -0.15) is 0 Å². The van der Waals surface area contributed by atoms with Crippen molar-refractivity contribution in [3.8, 4) is 0 Å². The number of rotatable bonds is 3. The number of piperazine rings is 1. The highest BCUT2D eigenvalue weighted by atomic mass is 16.5. The number of imidazole rings is 1. The van der Waals surface area contributed by atoms with Crippen molar-refractivity contribution >= 4 is 29.1 Å². The van der Waals surface area contributed by atoms with Crippen LogP contribution in [-0.2, 0) is 4.79 Å². The number of hydrogen-bond donors (Lipinski definition) is 1. The summed E-state index contributed by atoms with van der Waals surface area (Å²) < 4.78 is 6.56. The van der Waals surface area contributed by atoms with Gasteiger partial charge in [-0.3, -0.25) is 18.8 Å². The van der Waals surface area contributed by atoms with Crippen molar-refractivity contribution in [2.45, 2.75) is 13.8 Å². The van der Waals surface area contributed by atoms with Gasteiger partial charge in [0.15, 0.2) is 11.5 Å². The van der Waals surface area contributed by atoms with E-state index in [1.807, 2.05) is 0 Å². The average molecular weight is 396 g/mol. The number of anilines is 1. The molecule has 0 atom stereocenters. The molecule has 1 saturated heterocycles. The fraction of sp³-hybridized carbons (Fsp3) is 0.316. The lowest BCUT2D eigenvalue weighted by molar-refractivity contribution is -0.130. The van der Waals surface area contributed by atoms with Crippen LogP contribution in [0.25, 0.3) is 5.52 Å². The summed E-state index contributed by atoms with van der Waals surface area (Å²) in [4.78, 5) is 45.0. The summed E-state index contributed by atoms with van der Waals surface area (Å²) in [6, 6.07) is 6.85. The van der Waals surface area contributed by atoms with E-state index in [9.17, 15) is 14.4 Å².